The Labute approximate surface area is 216 Å². The van der Waals surface area contributed by atoms with Gasteiger partial charge in [-0.15, -0.1) is 11.8 Å². The minimum Gasteiger partial charge on any atom is -0.365 e. The number of thioether (sulfide) groups is 1. The zero-order valence-corrected chi connectivity index (χ0v) is 21.1. The Hall–Kier alpha value is -2.61. The molecule has 0 N–H and O–H groups in total. The zero-order valence-electron chi connectivity index (χ0n) is 18.8. The molecule has 0 saturated carbocycles. The summed E-state index contributed by atoms with van der Waals surface area (Å²) >= 11 is 13.7. The van der Waals surface area contributed by atoms with Gasteiger partial charge in [-0.3, -0.25) is 9.59 Å². The van der Waals surface area contributed by atoms with Crippen molar-refractivity contribution in [2.45, 2.75) is 17.9 Å². The number of ketones is 1. The van der Waals surface area contributed by atoms with Crippen LogP contribution in [-0.4, -0.2) is 48.0 Å². The Bertz CT molecular complexity index is 1250. The average molecular weight is 535 g/mol. The van der Waals surface area contributed by atoms with Gasteiger partial charge in [-0.2, -0.15) is 0 Å². The first kappa shape index (κ1) is 25.5. The molecular formula is C26H22Cl2F2N2O2S. The fourth-order valence-corrected chi connectivity index (χ4v) is 5.40. The lowest BCUT2D eigenvalue weighted by molar-refractivity contribution is 0.0726. The van der Waals surface area contributed by atoms with Crippen molar-refractivity contribution in [1.29, 1.82) is 0 Å². The van der Waals surface area contributed by atoms with Gasteiger partial charge in [0.2, 0.25) is 0 Å². The number of benzene rings is 3. The highest BCUT2D eigenvalue weighted by Gasteiger charge is 2.28. The van der Waals surface area contributed by atoms with Crippen LogP contribution in [0.2, 0.25) is 10.0 Å². The number of amides is 1. The molecule has 1 fully saturated rings. The van der Waals surface area contributed by atoms with Crippen molar-refractivity contribution in [1.82, 2.24) is 4.90 Å². The second-order valence-electron chi connectivity index (χ2n) is 8.29. The van der Waals surface area contributed by atoms with Gasteiger partial charge >= 0.3 is 0 Å². The predicted molar refractivity (Wildman–Crippen MR) is 137 cm³/mol. The molecule has 1 heterocycles. The third-order valence-electron chi connectivity index (χ3n) is 5.78. The van der Waals surface area contributed by atoms with Crippen molar-refractivity contribution in [3.05, 3.63) is 93.5 Å². The smallest absolute Gasteiger partial charge is 0.254 e. The van der Waals surface area contributed by atoms with Crippen LogP contribution in [-0.2, 0) is 0 Å². The third kappa shape index (κ3) is 6.15. The van der Waals surface area contributed by atoms with E-state index in [1.165, 1.54) is 0 Å². The number of rotatable bonds is 6. The van der Waals surface area contributed by atoms with E-state index in [4.69, 9.17) is 23.2 Å². The van der Waals surface area contributed by atoms with Gasteiger partial charge in [-0.05, 0) is 55.5 Å². The zero-order chi connectivity index (χ0) is 25.1. The van der Waals surface area contributed by atoms with E-state index in [1.807, 2.05) is 24.3 Å². The molecule has 0 aliphatic carbocycles. The van der Waals surface area contributed by atoms with Gasteiger partial charge in [0.15, 0.2) is 5.78 Å². The lowest BCUT2D eigenvalue weighted by Crippen LogP contribution is -2.53. The summed E-state index contributed by atoms with van der Waals surface area (Å²) in [5.74, 6) is -2.19. The first-order valence-electron chi connectivity index (χ1n) is 10.9. The van der Waals surface area contributed by atoms with Crippen molar-refractivity contribution >= 4 is 52.3 Å². The first-order valence-corrected chi connectivity index (χ1v) is 12.7. The molecule has 0 radical (unpaired) electrons. The van der Waals surface area contributed by atoms with E-state index in [0.29, 0.717) is 46.2 Å². The minimum atomic E-state index is -0.804. The number of piperazine rings is 1. The molecule has 3 aromatic rings. The quantitative estimate of drug-likeness (QED) is 0.264. The van der Waals surface area contributed by atoms with Gasteiger partial charge in [0.1, 0.15) is 11.6 Å². The molecule has 4 rings (SSSR count). The van der Waals surface area contributed by atoms with Gasteiger partial charge in [0.25, 0.3) is 5.91 Å². The third-order valence-corrected chi connectivity index (χ3v) is 7.51. The molecule has 0 unspecified atom stereocenters. The van der Waals surface area contributed by atoms with E-state index in [0.717, 1.165) is 29.6 Å². The molecular weight excluding hydrogens is 513 g/mol. The highest BCUT2D eigenvalue weighted by Crippen LogP contribution is 2.30. The minimum absolute atomic E-state index is 0.0380. The molecule has 3 aromatic carbocycles. The van der Waals surface area contributed by atoms with Crippen molar-refractivity contribution in [2.24, 2.45) is 0 Å². The fraction of sp³-hybridized carbons (Fsp3) is 0.231. The molecule has 4 nitrogen and oxygen atoms in total. The number of carbonyl (C=O) groups excluding carboxylic acids is 2. The summed E-state index contributed by atoms with van der Waals surface area (Å²) in [4.78, 5) is 30.1. The largest absolute Gasteiger partial charge is 0.365 e. The SMILES string of the molecule is C[C@H]1CN(C(=O)c2ccc(SCC(=O)c3cc(F)cc(F)c3)c(Cl)c2)CCN1c1cccc(Cl)c1. The summed E-state index contributed by atoms with van der Waals surface area (Å²) in [5.41, 5.74) is 1.45. The lowest BCUT2D eigenvalue weighted by Gasteiger charge is -2.41. The average Bonchev–Trinajstić information content (AvgIpc) is 2.82. The summed E-state index contributed by atoms with van der Waals surface area (Å²) in [7, 11) is 0. The summed E-state index contributed by atoms with van der Waals surface area (Å²) in [6.07, 6.45) is 0. The number of Topliss-reactive ketones (excluding diaryl/α,β-unsaturated/α-hetero) is 1. The maximum Gasteiger partial charge on any atom is 0.254 e. The van der Waals surface area contributed by atoms with Crippen LogP contribution in [0.5, 0.6) is 0 Å². The summed E-state index contributed by atoms with van der Waals surface area (Å²) < 4.78 is 26.7. The van der Waals surface area contributed by atoms with Crippen LogP contribution in [0.3, 0.4) is 0 Å². The van der Waals surface area contributed by atoms with E-state index in [2.05, 4.69) is 11.8 Å². The Kier molecular flexibility index (Phi) is 7.99. The number of hydrogen-bond acceptors (Lipinski definition) is 4. The Balaban J connectivity index is 1.38. The number of nitrogens with zero attached hydrogens (tertiary/aromatic N) is 2. The van der Waals surface area contributed by atoms with Crippen molar-refractivity contribution < 1.29 is 18.4 Å². The Morgan fingerprint density at radius 3 is 2.37 bits per heavy atom. The maximum atomic E-state index is 13.4. The van der Waals surface area contributed by atoms with Gasteiger partial charge in [0.05, 0.1) is 10.8 Å². The summed E-state index contributed by atoms with van der Waals surface area (Å²) in [5, 5.41) is 1.01. The van der Waals surface area contributed by atoms with Crippen LogP contribution < -0.4 is 4.90 Å². The molecule has 1 aliphatic rings. The molecule has 0 bridgehead atoms. The molecule has 0 spiro atoms. The van der Waals surface area contributed by atoms with Crippen LogP contribution in [0.15, 0.2) is 65.6 Å². The molecule has 1 amide bonds. The summed E-state index contributed by atoms with van der Waals surface area (Å²) in [6, 6.07) is 15.4. The van der Waals surface area contributed by atoms with Crippen LogP contribution in [0, 0.1) is 11.6 Å². The topological polar surface area (TPSA) is 40.6 Å². The van der Waals surface area contributed by atoms with Gasteiger partial charge in [0, 0.05) is 58.5 Å². The molecule has 35 heavy (non-hydrogen) atoms. The van der Waals surface area contributed by atoms with E-state index in [1.54, 1.807) is 23.1 Å². The molecule has 1 saturated heterocycles. The molecule has 0 aromatic heterocycles. The number of halogens is 4. The Morgan fingerprint density at radius 2 is 1.71 bits per heavy atom. The highest BCUT2D eigenvalue weighted by molar-refractivity contribution is 8.00. The van der Waals surface area contributed by atoms with E-state index in [9.17, 15) is 18.4 Å². The van der Waals surface area contributed by atoms with Crippen LogP contribution >= 0.6 is 35.0 Å². The van der Waals surface area contributed by atoms with Gasteiger partial charge in [-0.25, -0.2) is 8.78 Å². The normalized spacial score (nSPS) is 15.9. The lowest BCUT2D eigenvalue weighted by atomic mass is 10.1. The van der Waals surface area contributed by atoms with Crippen molar-refractivity contribution in [3.63, 3.8) is 0 Å². The summed E-state index contributed by atoms with van der Waals surface area (Å²) in [6.45, 7) is 3.85. The van der Waals surface area contributed by atoms with E-state index >= 15 is 0 Å². The highest BCUT2D eigenvalue weighted by atomic mass is 35.5. The molecule has 9 heteroatoms. The second kappa shape index (κ2) is 11.0. The molecule has 182 valence electrons. The second-order valence-corrected chi connectivity index (χ2v) is 10.1. The Morgan fingerprint density at radius 1 is 0.971 bits per heavy atom. The van der Waals surface area contributed by atoms with Crippen molar-refractivity contribution in [3.8, 4) is 0 Å². The van der Waals surface area contributed by atoms with Crippen LogP contribution in [0.25, 0.3) is 0 Å². The number of carbonyl (C=O) groups is 2. The van der Waals surface area contributed by atoms with Crippen LogP contribution in [0.4, 0.5) is 14.5 Å². The number of hydrogen-bond donors (Lipinski definition) is 0. The van der Waals surface area contributed by atoms with E-state index in [-0.39, 0.29) is 23.3 Å². The van der Waals surface area contributed by atoms with Crippen molar-refractivity contribution in [2.75, 3.05) is 30.3 Å². The van der Waals surface area contributed by atoms with Gasteiger partial charge in [-0.1, -0.05) is 29.3 Å². The van der Waals surface area contributed by atoms with Crippen LogP contribution in [0.1, 0.15) is 27.6 Å². The van der Waals surface area contributed by atoms with Gasteiger partial charge < -0.3 is 9.80 Å². The predicted octanol–water partition coefficient (Wildman–Crippen LogP) is 6.60. The van der Waals surface area contributed by atoms with E-state index < -0.39 is 17.4 Å². The molecule has 1 atom stereocenters. The maximum absolute atomic E-state index is 13.4. The monoisotopic (exact) mass is 534 g/mol. The standard InChI is InChI=1S/C26H22Cl2F2N2O2S/c1-16-14-31(7-8-32(16)22-4-2-3-19(27)12-22)26(34)17-5-6-25(23(28)11-17)35-15-24(33)18-9-20(29)13-21(30)10-18/h2-6,9-13,16H,7-8,14-15H2,1H3/t16-/m0/s1. The first-order chi connectivity index (χ1) is 16.7. The number of anilines is 1. The fourth-order valence-electron chi connectivity index (χ4n) is 4.06. The molecule has 1 aliphatic heterocycles.